The number of allylic oxidation sites excluding steroid dienone is 4. The second-order valence-corrected chi connectivity index (χ2v) is 3.05. The molecule has 2 heteroatoms. The van der Waals surface area contributed by atoms with Gasteiger partial charge in [0.1, 0.15) is 0 Å². The van der Waals surface area contributed by atoms with E-state index >= 15 is 0 Å². The fourth-order valence-electron chi connectivity index (χ4n) is 1.01. The van der Waals surface area contributed by atoms with Gasteiger partial charge < -0.3 is 0 Å². The van der Waals surface area contributed by atoms with Gasteiger partial charge in [-0.1, -0.05) is 6.08 Å². The SMILES string of the molecule is C=N/C(C)=C\C=C(/C)c1ccncc1. The smallest absolute Gasteiger partial charge is 0.0365 e. The Morgan fingerprint density at radius 1 is 1.29 bits per heavy atom. The molecule has 0 spiro atoms. The Kier molecular flexibility index (Phi) is 3.80. The average molecular weight is 186 g/mol. The molecule has 2 nitrogen and oxygen atoms in total. The molecule has 0 amide bonds. The number of aliphatic imine (C=N–C) groups is 1. The first-order valence-corrected chi connectivity index (χ1v) is 4.46. The molecule has 72 valence electrons. The van der Waals surface area contributed by atoms with Crippen molar-refractivity contribution in [1.82, 2.24) is 4.98 Å². The van der Waals surface area contributed by atoms with E-state index in [0.717, 1.165) is 5.70 Å². The van der Waals surface area contributed by atoms with Gasteiger partial charge in [-0.25, -0.2) is 0 Å². The molecule has 0 aromatic carbocycles. The van der Waals surface area contributed by atoms with Gasteiger partial charge in [0, 0.05) is 18.1 Å². The van der Waals surface area contributed by atoms with Crippen molar-refractivity contribution in [1.29, 1.82) is 0 Å². The van der Waals surface area contributed by atoms with Crippen molar-refractivity contribution in [2.75, 3.05) is 0 Å². The Bertz CT molecular complexity index is 361. The van der Waals surface area contributed by atoms with Gasteiger partial charge in [0.25, 0.3) is 0 Å². The van der Waals surface area contributed by atoms with Crippen molar-refractivity contribution in [3.8, 4) is 0 Å². The maximum atomic E-state index is 3.97. The zero-order valence-electron chi connectivity index (χ0n) is 8.57. The molecule has 0 unspecified atom stereocenters. The fourth-order valence-corrected chi connectivity index (χ4v) is 1.01. The summed E-state index contributed by atoms with van der Waals surface area (Å²) < 4.78 is 0. The molecule has 0 atom stereocenters. The van der Waals surface area contributed by atoms with E-state index in [9.17, 15) is 0 Å². The van der Waals surface area contributed by atoms with E-state index in [1.165, 1.54) is 11.1 Å². The summed E-state index contributed by atoms with van der Waals surface area (Å²) in [5.41, 5.74) is 3.28. The molecule has 14 heavy (non-hydrogen) atoms. The summed E-state index contributed by atoms with van der Waals surface area (Å²) >= 11 is 0. The fraction of sp³-hybridized carbons (Fsp3) is 0.167. The number of hydrogen-bond donors (Lipinski definition) is 0. The Labute approximate surface area is 84.7 Å². The molecule has 0 saturated heterocycles. The van der Waals surface area contributed by atoms with Crippen LogP contribution in [-0.2, 0) is 0 Å². The Balaban J connectivity index is 2.86. The van der Waals surface area contributed by atoms with E-state index in [1.807, 2.05) is 31.2 Å². The van der Waals surface area contributed by atoms with Gasteiger partial charge in [-0.3, -0.25) is 9.98 Å². The van der Waals surface area contributed by atoms with E-state index in [4.69, 9.17) is 0 Å². The van der Waals surface area contributed by atoms with Crippen molar-refractivity contribution in [3.63, 3.8) is 0 Å². The van der Waals surface area contributed by atoms with Crippen molar-refractivity contribution in [2.45, 2.75) is 13.8 Å². The first-order chi connectivity index (χ1) is 6.74. The van der Waals surface area contributed by atoms with E-state index in [1.54, 1.807) is 12.4 Å². The third kappa shape index (κ3) is 2.98. The highest BCUT2D eigenvalue weighted by atomic mass is 14.7. The van der Waals surface area contributed by atoms with Crippen LogP contribution in [0, 0.1) is 0 Å². The van der Waals surface area contributed by atoms with Crippen LogP contribution in [0.4, 0.5) is 0 Å². The second kappa shape index (κ2) is 5.12. The Morgan fingerprint density at radius 2 is 1.93 bits per heavy atom. The van der Waals surface area contributed by atoms with Crippen LogP contribution < -0.4 is 0 Å². The summed E-state index contributed by atoms with van der Waals surface area (Å²) in [6.07, 6.45) is 7.55. The molecule has 0 N–H and O–H groups in total. The molecular weight excluding hydrogens is 172 g/mol. The van der Waals surface area contributed by atoms with E-state index in [0.29, 0.717) is 0 Å². The Hall–Kier alpha value is -1.70. The molecule has 0 aliphatic rings. The lowest BCUT2D eigenvalue weighted by Crippen LogP contribution is -1.79. The number of hydrogen-bond acceptors (Lipinski definition) is 2. The van der Waals surface area contributed by atoms with Gasteiger partial charge in [0.15, 0.2) is 0 Å². The summed E-state index contributed by atoms with van der Waals surface area (Å²) in [6.45, 7) is 7.43. The summed E-state index contributed by atoms with van der Waals surface area (Å²) in [7, 11) is 0. The number of pyridine rings is 1. The predicted octanol–water partition coefficient (Wildman–Crippen LogP) is 3.09. The van der Waals surface area contributed by atoms with E-state index in [-0.39, 0.29) is 0 Å². The molecule has 0 bridgehead atoms. The quantitative estimate of drug-likeness (QED) is 0.526. The second-order valence-electron chi connectivity index (χ2n) is 3.05. The average Bonchev–Trinajstić information content (AvgIpc) is 2.26. The monoisotopic (exact) mass is 186 g/mol. The van der Waals surface area contributed by atoms with Crippen LogP contribution in [0.1, 0.15) is 19.4 Å². The van der Waals surface area contributed by atoms with Crippen LogP contribution in [0.3, 0.4) is 0 Å². The van der Waals surface area contributed by atoms with Gasteiger partial charge in [-0.05, 0) is 49.9 Å². The van der Waals surface area contributed by atoms with Crippen molar-refractivity contribution in [3.05, 3.63) is 47.9 Å². The van der Waals surface area contributed by atoms with Crippen LogP contribution in [0.15, 0.2) is 47.4 Å². The highest BCUT2D eigenvalue weighted by Gasteiger charge is 1.91. The van der Waals surface area contributed by atoms with Crippen molar-refractivity contribution >= 4 is 12.3 Å². The van der Waals surface area contributed by atoms with Crippen LogP contribution in [0.2, 0.25) is 0 Å². The largest absolute Gasteiger partial charge is 0.269 e. The molecule has 0 fully saturated rings. The third-order valence-electron chi connectivity index (χ3n) is 1.96. The van der Waals surface area contributed by atoms with Crippen molar-refractivity contribution in [2.24, 2.45) is 4.99 Å². The van der Waals surface area contributed by atoms with E-state index in [2.05, 4.69) is 23.6 Å². The van der Waals surface area contributed by atoms with Gasteiger partial charge in [0.2, 0.25) is 0 Å². The van der Waals surface area contributed by atoms with Gasteiger partial charge in [-0.15, -0.1) is 0 Å². The predicted molar refractivity (Wildman–Crippen MR) is 61.2 cm³/mol. The number of aromatic nitrogens is 1. The highest BCUT2D eigenvalue weighted by Crippen LogP contribution is 2.12. The molecule has 0 aliphatic carbocycles. The van der Waals surface area contributed by atoms with Crippen molar-refractivity contribution < 1.29 is 0 Å². The minimum atomic E-state index is 0.915. The summed E-state index contributed by atoms with van der Waals surface area (Å²) in [4.78, 5) is 7.78. The molecule has 0 saturated carbocycles. The lowest BCUT2D eigenvalue weighted by molar-refractivity contribution is 1.31. The van der Waals surface area contributed by atoms with Crippen LogP contribution in [0.25, 0.3) is 5.57 Å². The molecule has 1 rings (SSSR count). The van der Waals surface area contributed by atoms with Crippen LogP contribution in [0.5, 0.6) is 0 Å². The lowest BCUT2D eigenvalue weighted by Gasteiger charge is -1.98. The van der Waals surface area contributed by atoms with Gasteiger partial charge in [0.05, 0.1) is 0 Å². The zero-order valence-corrected chi connectivity index (χ0v) is 8.57. The van der Waals surface area contributed by atoms with Crippen LogP contribution in [-0.4, -0.2) is 11.7 Å². The summed E-state index contributed by atoms with van der Waals surface area (Å²) in [5.74, 6) is 0. The molecular formula is C12H14N2. The minimum Gasteiger partial charge on any atom is -0.269 e. The van der Waals surface area contributed by atoms with Gasteiger partial charge >= 0.3 is 0 Å². The first-order valence-electron chi connectivity index (χ1n) is 4.46. The summed E-state index contributed by atoms with van der Waals surface area (Å²) in [6, 6.07) is 3.96. The maximum absolute atomic E-state index is 3.97. The lowest BCUT2D eigenvalue weighted by atomic mass is 10.1. The maximum Gasteiger partial charge on any atom is 0.0365 e. The summed E-state index contributed by atoms with van der Waals surface area (Å²) in [5, 5.41) is 0. The first kappa shape index (κ1) is 10.4. The molecule has 1 aromatic rings. The highest BCUT2D eigenvalue weighted by molar-refractivity contribution is 5.64. The van der Waals surface area contributed by atoms with E-state index < -0.39 is 0 Å². The standard InChI is InChI=1S/C12H14N2/c1-10(4-5-11(2)13-3)12-6-8-14-9-7-12/h4-9H,3H2,1-2H3/b10-4+,11-5-. The minimum absolute atomic E-state index is 0.915. The molecule has 0 radical (unpaired) electrons. The number of rotatable bonds is 3. The normalized spacial score (nSPS) is 12.7. The van der Waals surface area contributed by atoms with Gasteiger partial charge in [-0.2, -0.15) is 0 Å². The molecule has 1 heterocycles. The number of nitrogens with zero attached hydrogens (tertiary/aromatic N) is 2. The Morgan fingerprint density at radius 3 is 2.50 bits per heavy atom. The topological polar surface area (TPSA) is 25.2 Å². The zero-order chi connectivity index (χ0) is 10.4. The molecule has 0 aliphatic heterocycles. The van der Waals surface area contributed by atoms with Crippen LogP contribution >= 0.6 is 0 Å². The molecule has 1 aromatic heterocycles. The third-order valence-corrected chi connectivity index (χ3v) is 1.96.